The molecule has 0 radical (unpaired) electrons. The second-order valence-corrected chi connectivity index (χ2v) is 3.28. The van der Waals surface area contributed by atoms with E-state index in [0.29, 0.717) is 16.8 Å². The van der Waals surface area contributed by atoms with Crippen LogP contribution in [0.2, 0.25) is 0 Å². The van der Waals surface area contributed by atoms with Crippen LogP contribution < -0.4 is 5.73 Å². The molecule has 0 aliphatic heterocycles. The number of carbonyl (C=O) groups excluding carboxylic acids is 1. The molecule has 2 aromatic carbocycles. The summed E-state index contributed by atoms with van der Waals surface area (Å²) < 4.78 is 0. The summed E-state index contributed by atoms with van der Waals surface area (Å²) in [7, 11) is 0. The topological polar surface area (TPSA) is 90.7 Å². The zero-order chi connectivity index (χ0) is 12.7. The summed E-state index contributed by atoms with van der Waals surface area (Å²) in [6.07, 6.45) is 0. The molecule has 0 bridgehead atoms. The molecule has 0 spiro atoms. The summed E-state index contributed by atoms with van der Waals surface area (Å²) in [5.41, 5.74) is 7.48. The third-order valence-corrected chi connectivity index (χ3v) is 2.24. The largest absolute Gasteiger partial charge is 0.398 e. The van der Waals surface area contributed by atoms with Gasteiger partial charge in [-0.05, 0) is 12.1 Å². The lowest BCUT2D eigenvalue weighted by atomic mass is 10.0. The number of rotatable bonds is 2. The fourth-order valence-electron chi connectivity index (χ4n) is 1.45. The molecule has 84 valence electrons. The number of hydrogen-bond donors (Lipinski definition) is 1. The van der Waals surface area contributed by atoms with Gasteiger partial charge >= 0.3 is 0 Å². The third kappa shape index (κ3) is 2.89. The van der Waals surface area contributed by atoms with Crippen LogP contribution in [0.1, 0.15) is 15.9 Å². The van der Waals surface area contributed by atoms with E-state index in [2.05, 4.69) is 0 Å². The van der Waals surface area contributed by atoms with Gasteiger partial charge in [-0.3, -0.25) is 4.79 Å². The minimum Gasteiger partial charge on any atom is -0.398 e. The molecular formula is C13H11N3O. The quantitative estimate of drug-likeness (QED) is 0.483. The van der Waals surface area contributed by atoms with E-state index in [1.165, 1.54) is 0 Å². The van der Waals surface area contributed by atoms with E-state index in [9.17, 15) is 4.79 Å². The average Bonchev–Trinajstić information content (AvgIpc) is 2.42. The zero-order valence-electron chi connectivity index (χ0n) is 9.08. The van der Waals surface area contributed by atoms with Crippen molar-refractivity contribution in [3.8, 4) is 0 Å². The Morgan fingerprint density at radius 3 is 2.00 bits per heavy atom. The second-order valence-electron chi connectivity index (χ2n) is 3.28. The molecule has 0 aliphatic rings. The van der Waals surface area contributed by atoms with Gasteiger partial charge in [-0.15, -0.1) is 0 Å². The third-order valence-electron chi connectivity index (χ3n) is 2.24. The molecule has 0 fully saturated rings. The number of nitrogens with zero attached hydrogens (tertiary/aromatic N) is 2. The maximum atomic E-state index is 12.0. The van der Waals surface area contributed by atoms with Crippen molar-refractivity contribution >= 4 is 11.5 Å². The molecule has 17 heavy (non-hydrogen) atoms. The molecule has 0 saturated heterocycles. The molecule has 0 amide bonds. The number of benzene rings is 2. The maximum Gasteiger partial charge on any atom is 0.195 e. The van der Waals surface area contributed by atoms with Crippen molar-refractivity contribution in [2.45, 2.75) is 0 Å². The molecule has 0 saturated carbocycles. The smallest absolute Gasteiger partial charge is 0.195 e. The summed E-state index contributed by atoms with van der Waals surface area (Å²) >= 11 is 0. The Labute approximate surface area is 99.1 Å². The lowest BCUT2D eigenvalue weighted by Gasteiger charge is -2.03. The van der Waals surface area contributed by atoms with Gasteiger partial charge in [0.05, 0.1) is 0 Å². The van der Waals surface area contributed by atoms with Gasteiger partial charge in [0, 0.05) is 27.6 Å². The van der Waals surface area contributed by atoms with Crippen molar-refractivity contribution < 1.29 is 4.79 Å². The van der Waals surface area contributed by atoms with E-state index in [1.807, 2.05) is 30.3 Å². The Hall–Kier alpha value is -2.67. The molecule has 0 atom stereocenters. The highest BCUT2D eigenvalue weighted by Gasteiger charge is 2.10. The summed E-state index contributed by atoms with van der Waals surface area (Å²) in [5, 5.41) is 12.0. The van der Waals surface area contributed by atoms with E-state index in [0.717, 1.165) is 0 Å². The van der Waals surface area contributed by atoms with Gasteiger partial charge < -0.3 is 5.73 Å². The molecule has 0 aromatic heterocycles. The van der Waals surface area contributed by atoms with Crippen LogP contribution in [0.3, 0.4) is 0 Å². The molecule has 2 aromatic rings. The summed E-state index contributed by atoms with van der Waals surface area (Å²) in [4.78, 5) is 12.0. The minimum absolute atomic E-state index is 0.0336. The Kier molecular flexibility index (Phi) is 4.40. The highest BCUT2D eigenvalue weighted by molar-refractivity contribution is 6.11. The normalized spacial score (nSPS) is 8.82. The van der Waals surface area contributed by atoms with E-state index in [1.54, 1.807) is 24.3 Å². The van der Waals surface area contributed by atoms with Gasteiger partial charge in [-0.2, -0.15) is 0 Å². The highest BCUT2D eigenvalue weighted by Crippen LogP contribution is 2.15. The van der Waals surface area contributed by atoms with Gasteiger partial charge in [0.25, 0.3) is 0 Å². The number of hydrogen-bond acceptors (Lipinski definition) is 4. The van der Waals surface area contributed by atoms with Crippen molar-refractivity contribution in [1.82, 2.24) is 0 Å². The number of anilines is 1. The Bertz CT molecular complexity index is 520. The van der Waals surface area contributed by atoms with Crippen LogP contribution in [0, 0.1) is 10.8 Å². The lowest BCUT2D eigenvalue weighted by molar-refractivity contribution is 0.103. The van der Waals surface area contributed by atoms with Gasteiger partial charge in [-0.25, -0.2) is 0 Å². The average molecular weight is 225 g/mol. The summed E-state index contributed by atoms with van der Waals surface area (Å²) in [6, 6.07) is 16.2. The number of para-hydroxylation sites is 1. The van der Waals surface area contributed by atoms with Crippen LogP contribution in [0.25, 0.3) is 0 Å². The first-order valence-electron chi connectivity index (χ1n) is 4.93. The maximum absolute atomic E-state index is 12.0. The second kappa shape index (κ2) is 6.03. The number of nitrogen functional groups attached to an aromatic ring is 1. The number of carbonyl (C=O) groups is 1. The molecule has 0 heterocycles. The number of nitrogens with two attached hydrogens (primary N) is 1. The van der Waals surface area contributed by atoms with Crippen LogP contribution in [0.4, 0.5) is 5.69 Å². The van der Waals surface area contributed by atoms with Gasteiger partial charge in [0.1, 0.15) is 0 Å². The fourth-order valence-corrected chi connectivity index (χ4v) is 1.45. The lowest BCUT2D eigenvalue weighted by Crippen LogP contribution is -2.04. The van der Waals surface area contributed by atoms with Crippen LogP contribution in [-0.4, -0.2) is 5.78 Å². The first-order chi connectivity index (χ1) is 8.29. The first-order valence-corrected chi connectivity index (χ1v) is 4.93. The molecule has 2 N–H and O–H groups in total. The van der Waals surface area contributed by atoms with Crippen molar-refractivity contribution in [2.24, 2.45) is 0 Å². The van der Waals surface area contributed by atoms with Crippen LogP contribution in [-0.2, 0) is 0 Å². The van der Waals surface area contributed by atoms with Crippen LogP contribution >= 0.6 is 0 Å². The van der Waals surface area contributed by atoms with E-state index in [-0.39, 0.29) is 5.78 Å². The van der Waals surface area contributed by atoms with Crippen molar-refractivity contribution in [3.05, 3.63) is 65.7 Å². The minimum atomic E-state index is -0.0336. The summed E-state index contributed by atoms with van der Waals surface area (Å²) in [5.74, 6) is -0.0336. The highest BCUT2D eigenvalue weighted by atomic mass is 16.1. The Balaban J connectivity index is 0.000000686. The van der Waals surface area contributed by atoms with Gasteiger partial charge in [-0.1, -0.05) is 42.5 Å². The predicted molar refractivity (Wildman–Crippen MR) is 64.2 cm³/mol. The van der Waals surface area contributed by atoms with E-state index >= 15 is 0 Å². The Morgan fingerprint density at radius 2 is 1.41 bits per heavy atom. The van der Waals surface area contributed by atoms with Crippen molar-refractivity contribution in [3.63, 3.8) is 0 Å². The standard InChI is InChI=1S/C13H11NO.N2/c14-12-9-5-4-8-11(12)13(15)10-6-2-1-3-7-10;1-2/h1-9H,14H2;. The van der Waals surface area contributed by atoms with Gasteiger partial charge in [0.15, 0.2) is 5.78 Å². The molecule has 2 rings (SSSR count). The SMILES string of the molecule is N#N.Nc1ccccc1C(=O)c1ccccc1. The van der Waals surface area contributed by atoms with E-state index in [4.69, 9.17) is 16.5 Å². The van der Waals surface area contributed by atoms with Crippen LogP contribution in [0.15, 0.2) is 54.6 Å². The molecule has 0 unspecified atom stereocenters. The van der Waals surface area contributed by atoms with Crippen molar-refractivity contribution in [2.75, 3.05) is 5.73 Å². The molecular weight excluding hydrogens is 214 g/mol. The first kappa shape index (κ1) is 12.4. The van der Waals surface area contributed by atoms with E-state index < -0.39 is 0 Å². The Morgan fingerprint density at radius 1 is 0.882 bits per heavy atom. The zero-order valence-corrected chi connectivity index (χ0v) is 9.08. The number of ketones is 1. The van der Waals surface area contributed by atoms with Gasteiger partial charge in [0.2, 0.25) is 0 Å². The fraction of sp³-hybridized carbons (Fsp3) is 0. The summed E-state index contributed by atoms with van der Waals surface area (Å²) in [6.45, 7) is 0. The molecule has 4 nitrogen and oxygen atoms in total. The molecule has 4 heteroatoms. The predicted octanol–water partition coefficient (Wildman–Crippen LogP) is 2.53. The van der Waals surface area contributed by atoms with Crippen molar-refractivity contribution in [1.29, 1.82) is 10.8 Å². The van der Waals surface area contributed by atoms with Crippen LogP contribution in [0.5, 0.6) is 0 Å². The monoisotopic (exact) mass is 225 g/mol. The molecule has 0 aliphatic carbocycles.